The molecule has 4 rings (SSSR count). The van der Waals surface area contributed by atoms with Gasteiger partial charge in [0.2, 0.25) is 0 Å². The Morgan fingerprint density at radius 2 is 1.50 bits per heavy atom. The number of ether oxygens (including phenoxy) is 3. The van der Waals surface area contributed by atoms with Gasteiger partial charge < -0.3 is 44.0 Å². The van der Waals surface area contributed by atoms with Gasteiger partial charge in [0, 0.05) is 12.0 Å². The molecule has 0 bridgehead atoms. The second-order valence-corrected chi connectivity index (χ2v) is 9.82. The predicted molar refractivity (Wildman–Crippen MR) is 143 cm³/mol. The predicted octanol–water partition coefficient (Wildman–Crippen LogP) is 1.11. The maximum Gasteiger partial charge on any atom is 0.323 e. The van der Waals surface area contributed by atoms with E-state index >= 15 is 0 Å². The average Bonchev–Trinajstić information content (AvgIpc) is 3.45. The van der Waals surface area contributed by atoms with E-state index in [4.69, 9.17) is 14.2 Å². The first-order valence-corrected chi connectivity index (χ1v) is 13.2. The molecule has 11 nitrogen and oxygen atoms in total. The third-order valence-electron chi connectivity index (χ3n) is 7.10. The molecule has 42 heavy (non-hydrogen) atoms. The maximum atomic E-state index is 13.5. The molecule has 1 aliphatic heterocycles. The Morgan fingerprint density at radius 1 is 0.929 bits per heavy atom. The Labute approximate surface area is 241 Å². The monoisotopic (exact) mass is 575 g/mol. The normalized spacial score (nSPS) is 17.1. The third kappa shape index (κ3) is 6.93. The van der Waals surface area contributed by atoms with Crippen molar-refractivity contribution in [3.8, 4) is 11.5 Å². The number of hydrogen-bond donors (Lipinski definition) is 1. The Kier molecular flexibility index (Phi) is 9.56. The molecule has 0 aliphatic carbocycles. The van der Waals surface area contributed by atoms with Crippen molar-refractivity contribution in [3.63, 3.8) is 0 Å². The van der Waals surface area contributed by atoms with Gasteiger partial charge in [-0.25, -0.2) is 0 Å². The number of hydrogen-bond acceptors (Lipinski definition) is 9. The first kappa shape index (κ1) is 30.2. The molecule has 0 unspecified atom stereocenters. The number of aliphatic carboxylic acids is 3. The molecule has 1 aliphatic rings. The Morgan fingerprint density at radius 3 is 2.05 bits per heavy atom. The number of amides is 1. The van der Waals surface area contributed by atoms with Crippen LogP contribution < -0.4 is 14.9 Å². The zero-order chi connectivity index (χ0) is 30.3. The maximum absolute atomic E-state index is 13.5. The van der Waals surface area contributed by atoms with Gasteiger partial charge in [-0.3, -0.25) is 9.59 Å². The van der Waals surface area contributed by atoms with E-state index in [0.29, 0.717) is 24.3 Å². The SMILES string of the molecule is C[C@H]([C@H](CCc1ccccc1)c1ccc(Oc2ccccc2)cc1)N(CC(=O)O)C(=O)[C@@H]1COC(C(=O)[O-])(C(=O)[O-])O1. The summed E-state index contributed by atoms with van der Waals surface area (Å²) in [5.74, 6) is -9.19. The lowest BCUT2D eigenvalue weighted by molar-refractivity contribution is -0.373. The zero-order valence-corrected chi connectivity index (χ0v) is 22.7. The largest absolute Gasteiger partial charge is 0.544 e. The number of carbonyl (C=O) groups is 4. The molecule has 0 radical (unpaired) electrons. The summed E-state index contributed by atoms with van der Waals surface area (Å²) in [5, 5.41) is 32.6. The lowest BCUT2D eigenvalue weighted by atomic mass is 9.85. The van der Waals surface area contributed by atoms with Crippen molar-refractivity contribution in [2.24, 2.45) is 0 Å². The number of benzene rings is 3. The fourth-order valence-electron chi connectivity index (χ4n) is 4.91. The van der Waals surface area contributed by atoms with Crippen LogP contribution in [0.3, 0.4) is 0 Å². The second-order valence-electron chi connectivity index (χ2n) is 9.82. The van der Waals surface area contributed by atoms with E-state index in [2.05, 4.69) is 0 Å². The summed E-state index contributed by atoms with van der Waals surface area (Å²) in [4.78, 5) is 49.3. The van der Waals surface area contributed by atoms with Crippen LogP contribution in [-0.4, -0.2) is 64.9 Å². The van der Waals surface area contributed by atoms with Gasteiger partial charge in [0.1, 0.15) is 30.0 Å². The van der Waals surface area contributed by atoms with Crippen LogP contribution in [0, 0.1) is 0 Å². The van der Waals surface area contributed by atoms with Gasteiger partial charge in [-0.05, 0) is 55.2 Å². The van der Waals surface area contributed by atoms with Crippen molar-refractivity contribution < 1.29 is 48.7 Å². The molecule has 11 heteroatoms. The van der Waals surface area contributed by atoms with Crippen molar-refractivity contribution in [2.45, 2.75) is 43.6 Å². The van der Waals surface area contributed by atoms with Crippen LogP contribution in [0.25, 0.3) is 0 Å². The van der Waals surface area contributed by atoms with Crippen molar-refractivity contribution in [1.29, 1.82) is 0 Å². The van der Waals surface area contributed by atoms with E-state index in [1.807, 2.05) is 72.8 Å². The van der Waals surface area contributed by atoms with Gasteiger partial charge in [-0.2, -0.15) is 0 Å². The molecular formula is C31H29NO10-2. The number of carboxylic acid groups (broad SMARTS) is 3. The highest BCUT2D eigenvalue weighted by atomic mass is 16.8. The van der Waals surface area contributed by atoms with Gasteiger partial charge in [0.25, 0.3) is 11.7 Å². The molecular weight excluding hydrogens is 546 g/mol. The van der Waals surface area contributed by atoms with E-state index in [-0.39, 0.29) is 0 Å². The number of para-hydroxylation sites is 1. The Hall–Kier alpha value is -4.74. The summed E-state index contributed by atoms with van der Waals surface area (Å²) in [5.41, 5.74) is 1.83. The van der Waals surface area contributed by atoms with Crippen molar-refractivity contribution in [3.05, 3.63) is 96.1 Å². The quantitative estimate of drug-likeness (QED) is 0.292. The molecule has 0 saturated carbocycles. The van der Waals surface area contributed by atoms with E-state index in [0.717, 1.165) is 16.0 Å². The summed E-state index contributed by atoms with van der Waals surface area (Å²) >= 11 is 0. The summed E-state index contributed by atoms with van der Waals surface area (Å²) < 4.78 is 15.7. The molecule has 220 valence electrons. The van der Waals surface area contributed by atoms with Crippen LogP contribution in [-0.2, 0) is 35.1 Å². The summed E-state index contributed by atoms with van der Waals surface area (Å²) in [6, 6.07) is 25.3. The second kappa shape index (κ2) is 13.3. The first-order valence-electron chi connectivity index (χ1n) is 13.2. The topological polar surface area (TPSA) is 166 Å². The standard InChI is InChI=1S/C31H31NO10/c1-20(32(18-27(33)34)28(35)26-19-40-31(42-26,29(36)37)30(38)39)25(17-12-21-8-4-2-5-9-21)22-13-15-24(16-14-22)41-23-10-6-3-7-11-23/h2-11,13-16,20,25-26H,12,17-19H2,1H3,(H,33,34)(H,36,37)(H,38,39)/p-2/t20-,25+,26+/m1/s1. The Bertz CT molecular complexity index is 1380. The van der Waals surface area contributed by atoms with Gasteiger partial charge in [-0.15, -0.1) is 0 Å². The van der Waals surface area contributed by atoms with Crippen LogP contribution in [0.2, 0.25) is 0 Å². The van der Waals surface area contributed by atoms with E-state index < -0.39 is 60.8 Å². The zero-order valence-electron chi connectivity index (χ0n) is 22.7. The highest BCUT2D eigenvalue weighted by molar-refractivity contribution is 5.99. The fourth-order valence-corrected chi connectivity index (χ4v) is 4.91. The Balaban J connectivity index is 1.61. The van der Waals surface area contributed by atoms with Crippen molar-refractivity contribution in [2.75, 3.05) is 13.2 Å². The van der Waals surface area contributed by atoms with E-state index in [1.54, 1.807) is 19.1 Å². The van der Waals surface area contributed by atoms with Gasteiger partial charge in [0.05, 0.1) is 6.61 Å². The smallest absolute Gasteiger partial charge is 0.323 e. The highest BCUT2D eigenvalue weighted by Gasteiger charge is 2.49. The fraction of sp³-hybridized carbons (Fsp3) is 0.290. The number of carbonyl (C=O) groups excluding carboxylic acids is 3. The van der Waals surface area contributed by atoms with Crippen LogP contribution in [0.5, 0.6) is 11.5 Å². The first-order chi connectivity index (χ1) is 20.1. The molecule has 1 saturated heterocycles. The minimum absolute atomic E-state index is 0.395. The van der Waals surface area contributed by atoms with Gasteiger partial charge in [-0.1, -0.05) is 60.7 Å². The minimum atomic E-state index is -3.28. The highest BCUT2D eigenvalue weighted by Crippen LogP contribution is 2.33. The average molecular weight is 576 g/mol. The summed E-state index contributed by atoms with van der Waals surface area (Å²) in [7, 11) is 0. The molecule has 0 spiro atoms. The molecule has 3 aromatic rings. The van der Waals surface area contributed by atoms with E-state index in [9.17, 15) is 34.5 Å². The molecule has 3 aromatic carbocycles. The van der Waals surface area contributed by atoms with Crippen LogP contribution in [0.1, 0.15) is 30.4 Å². The lowest BCUT2D eigenvalue weighted by Gasteiger charge is -2.36. The third-order valence-corrected chi connectivity index (χ3v) is 7.10. The number of rotatable bonds is 13. The molecule has 3 atom stereocenters. The molecule has 1 N–H and O–H groups in total. The summed E-state index contributed by atoms with van der Waals surface area (Å²) in [6.07, 6.45) is -0.592. The molecule has 1 amide bonds. The van der Waals surface area contributed by atoms with Gasteiger partial charge in [0.15, 0.2) is 6.10 Å². The number of carboxylic acids is 3. The lowest BCUT2D eigenvalue weighted by Crippen LogP contribution is -2.61. The minimum Gasteiger partial charge on any atom is -0.544 e. The van der Waals surface area contributed by atoms with Crippen molar-refractivity contribution in [1.82, 2.24) is 4.90 Å². The molecule has 1 fully saturated rings. The number of nitrogens with zero attached hydrogens (tertiary/aromatic N) is 1. The van der Waals surface area contributed by atoms with Crippen LogP contribution in [0.4, 0.5) is 0 Å². The molecule has 1 heterocycles. The van der Waals surface area contributed by atoms with Crippen molar-refractivity contribution >= 4 is 23.8 Å². The van der Waals surface area contributed by atoms with Gasteiger partial charge >= 0.3 is 5.97 Å². The molecule has 0 aromatic heterocycles. The van der Waals surface area contributed by atoms with E-state index in [1.165, 1.54) is 0 Å². The summed E-state index contributed by atoms with van der Waals surface area (Å²) in [6.45, 7) is 0.176. The van der Waals surface area contributed by atoms with Crippen LogP contribution in [0.15, 0.2) is 84.9 Å². The number of aryl methyl sites for hydroxylation is 1. The van der Waals surface area contributed by atoms with Crippen LogP contribution >= 0.6 is 0 Å².